The minimum atomic E-state index is -0.324. The standard InChI is InChI=1S/C24H20N6O3/c1-30-23-22(28-29-30)18(11-12-25-23)24(31)27-16-9-10-20(32-2)21(13-16)33-14-17-8-7-15-5-3-4-6-19(15)26-17/h3-13H,14H2,1-2H3,(H,27,31). The Bertz CT molecular complexity index is 1480. The fraction of sp³-hybridized carbons (Fsp3) is 0.125. The molecule has 0 radical (unpaired) electrons. The van der Waals surface area contributed by atoms with Crippen LogP contribution in [0.3, 0.4) is 0 Å². The molecule has 0 fully saturated rings. The smallest absolute Gasteiger partial charge is 0.258 e. The normalized spacial score (nSPS) is 11.0. The number of anilines is 1. The summed E-state index contributed by atoms with van der Waals surface area (Å²) in [7, 11) is 3.29. The third-order valence-electron chi connectivity index (χ3n) is 5.19. The summed E-state index contributed by atoms with van der Waals surface area (Å²) in [6.45, 7) is 0.253. The van der Waals surface area contributed by atoms with E-state index in [1.807, 2.05) is 36.4 Å². The van der Waals surface area contributed by atoms with E-state index in [9.17, 15) is 4.79 Å². The molecule has 2 aromatic carbocycles. The van der Waals surface area contributed by atoms with Crippen LogP contribution in [0.15, 0.2) is 66.9 Å². The van der Waals surface area contributed by atoms with Gasteiger partial charge in [-0.1, -0.05) is 29.5 Å². The fourth-order valence-corrected chi connectivity index (χ4v) is 3.52. The van der Waals surface area contributed by atoms with Crippen molar-refractivity contribution in [2.24, 2.45) is 7.05 Å². The number of carbonyl (C=O) groups is 1. The van der Waals surface area contributed by atoms with Gasteiger partial charge < -0.3 is 14.8 Å². The largest absolute Gasteiger partial charge is 0.493 e. The highest BCUT2D eigenvalue weighted by atomic mass is 16.5. The Hall–Kier alpha value is -4.53. The Morgan fingerprint density at radius 3 is 2.82 bits per heavy atom. The van der Waals surface area contributed by atoms with E-state index in [2.05, 4.69) is 25.6 Å². The summed E-state index contributed by atoms with van der Waals surface area (Å²) in [6, 6.07) is 18.6. The van der Waals surface area contributed by atoms with Crippen LogP contribution in [0.4, 0.5) is 5.69 Å². The van der Waals surface area contributed by atoms with Gasteiger partial charge in [-0.15, -0.1) is 5.10 Å². The molecule has 0 aliphatic rings. The van der Waals surface area contributed by atoms with Gasteiger partial charge in [-0.25, -0.2) is 14.6 Å². The Labute approximate surface area is 189 Å². The minimum Gasteiger partial charge on any atom is -0.493 e. The van der Waals surface area contributed by atoms with Crippen molar-refractivity contribution in [3.05, 3.63) is 78.1 Å². The Balaban J connectivity index is 1.36. The molecule has 0 saturated heterocycles. The number of amides is 1. The van der Waals surface area contributed by atoms with Gasteiger partial charge in [0.2, 0.25) is 0 Å². The van der Waals surface area contributed by atoms with E-state index in [0.29, 0.717) is 33.9 Å². The molecule has 1 amide bonds. The number of benzene rings is 2. The van der Waals surface area contributed by atoms with E-state index < -0.39 is 0 Å². The Kier molecular flexibility index (Phi) is 5.27. The SMILES string of the molecule is COc1ccc(NC(=O)c2ccnc3c2nnn3C)cc1OCc1ccc2ccccc2n1. The van der Waals surface area contributed by atoms with Crippen LogP contribution in [-0.4, -0.2) is 38.0 Å². The van der Waals surface area contributed by atoms with Crippen LogP contribution in [-0.2, 0) is 13.7 Å². The monoisotopic (exact) mass is 440 g/mol. The number of hydrogen-bond donors (Lipinski definition) is 1. The van der Waals surface area contributed by atoms with Gasteiger partial charge in [0.15, 0.2) is 17.1 Å². The van der Waals surface area contributed by atoms with E-state index in [4.69, 9.17) is 9.47 Å². The zero-order valence-corrected chi connectivity index (χ0v) is 18.0. The van der Waals surface area contributed by atoms with Crippen LogP contribution >= 0.6 is 0 Å². The van der Waals surface area contributed by atoms with Gasteiger partial charge in [-0.2, -0.15) is 0 Å². The first kappa shape index (κ1) is 20.4. The number of hydrogen-bond acceptors (Lipinski definition) is 7. The molecular formula is C24H20N6O3. The van der Waals surface area contributed by atoms with Crippen molar-refractivity contribution in [1.82, 2.24) is 25.0 Å². The lowest BCUT2D eigenvalue weighted by Gasteiger charge is -2.13. The van der Waals surface area contributed by atoms with E-state index in [-0.39, 0.29) is 12.5 Å². The highest BCUT2D eigenvalue weighted by molar-refractivity contribution is 6.10. The molecule has 5 aromatic rings. The average molecular weight is 440 g/mol. The first-order valence-corrected chi connectivity index (χ1v) is 10.2. The van der Waals surface area contributed by atoms with Gasteiger partial charge in [-0.05, 0) is 30.3 Å². The van der Waals surface area contributed by atoms with Crippen LogP contribution < -0.4 is 14.8 Å². The van der Waals surface area contributed by atoms with Gasteiger partial charge in [0.25, 0.3) is 5.91 Å². The van der Waals surface area contributed by atoms with E-state index in [1.54, 1.807) is 44.6 Å². The summed E-state index contributed by atoms with van der Waals surface area (Å²) in [5.74, 6) is 0.717. The predicted molar refractivity (Wildman–Crippen MR) is 123 cm³/mol. The molecule has 9 heteroatoms. The summed E-state index contributed by atoms with van der Waals surface area (Å²) < 4.78 is 12.9. The fourth-order valence-electron chi connectivity index (χ4n) is 3.52. The van der Waals surface area contributed by atoms with Crippen molar-refractivity contribution in [2.45, 2.75) is 6.61 Å². The summed E-state index contributed by atoms with van der Waals surface area (Å²) in [4.78, 5) is 21.8. The molecule has 33 heavy (non-hydrogen) atoms. The van der Waals surface area contributed by atoms with Gasteiger partial charge in [0.05, 0.1) is 23.9 Å². The summed E-state index contributed by atoms with van der Waals surface area (Å²) >= 11 is 0. The maximum atomic E-state index is 12.9. The zero-order chi connectivity index (χ0) is 22.8. The number of rotatable bonds is 6. The Morgan fingerprint density at radius 1 is 1.06 bits per heavy atom. The number of carbonyl (C=O) groups excluding carboxylic acids is 1. The summed E-state index contributed by atoms with van der Waals surface area (Å²) in [5.41, 5.74) is 3.59. The van der Waals surface area contributed by atoms with Crippen molar-refractivity contribution in [1.29, 1.82) is 0 Å². The van der Waals surface area contributed by atoms with E-state index >= 15 is 0 Å². The molecule has 0 atom stereocenters. The molecule has 0 spiro atoms. The van der Waals surface area contributed by atoms with E-state index in [1.165, 1.54) is 4.68 Å². The highest BCUT2D eigenvalue weighted by Gasteiger charge is 2.16. The number of fused-ring (bicyclic) bond motifs is 2. The van der Waals surface area contributed by atoms with Gasteiger partial charge in [0.1, 0.15) is 12.1 Å². The maximum Gasteiger partial charge on any atom is 0.258 e. The number of methoxy groups -OCH3 is 1. The van der Waals surface area contributed by atoms with Crippen molar-refractivity contribution >= 4 is 33.7 Å². The average Bonchev–Trinajstić information content (AvgIpc) is 3.23. The topological polar surface area (TPSA) is 104 Å². The zero-order valence-electron chi connectivity index (χ0n) is 18.0. The van der Waals surface area contributed by atoms with Crippen molar-refractivity contribution in [3.8, 4) is 11.5 Å². The molecular weight excluding hydrogens is 420 g/mol. The molecule has 164 valence electrons. The lowest BCUT2D eigenvalue weighted by atomic mass is 10.2. The van der Waals surface area contributed by atoms with Gasteiger partial charge in [-0.3, -0.25) is 4.79 Å². The molecule has 1 N–H and O–H groups in total. The third-order valence-corrected chi connectivity index (χ3v) is 5.19. The molecule has 3 heterocycles. The molecule has 9 nitrogen and oxygen atoms in total. The lowest BCUT2D eigenvalue weighted by Crippen LogP contribution is -2.13. The van der Waals surface area contributed by atoms with Crippen molar-refractivity contribution in [3.63, 3.8) is 0 Å². The third kappa shape index (κ3) is 4.03. The minimum absolute atomic E-state index is 0.253. The molecule has 3 aromatic heterocycles. The van der Waals surface area contributed by atoms with Gasteiger partial charge in [0, 0.05) is 30.4 Å². The second-order valence-electron chi connectivity index (χ2n) is 7.35. The molecule has 0 aliphatic carbocycles. The summed E-state index contributed by atoms with van der Waals surface area (Å²) in [6.07, 6.45) is 1.56. The molecule has 0 saturated carbocycles. The number of aryl methyl sites for hydroxylation is 1. The van der Waals surface area contributed by atoms with Crippen LogP contribution in [0.1, 0.15) is 16.1 Å². The molecule has 0 aliphatic heterocycles. The quantitative estimate of drug-likeness (QED) is 0.429. The van der Waals surface area contributed by atoms with Crippen LogP contribution in [0.25, 0.3) is 22.1 Å². The summed E-state index contributed by atoms with van der Waals surface area (Å²) in [5, 5.41) is 11.9. The molecule has 0 unspecified atom stereocenters. The van der Waals surface area contributed by atoms with Crippen molar-refractivity contribution in [2.75, 3.05) is 12.4 Å². The maximum absolute atomic E-state index is 12.9. The molecule has 0 bridgehead atoms. The second-order valence-corrected chi connectivity index (χ2v) is 7.35. The van der Waals surface area contributed by atoms with Crippen LogP contribution in [0.5, 0.6) is 11.5 Å². The predicted octanol–water partition coefficient (Wildman–Crippen LogP) is 3.75. The number of ether oxygens (including phenoxy) is 2. The number of nitrogens with zero attached hydrogens (tertiary/aromatic N) is 5. The number of para-hydroxylation sites is 1. The van der Waals surface area contributed by atoms with Crippen LogP contribution in [0.2, 0.25) is 0 Å². The van der Waals surface area contributed by atoms with Crippen molar-refractivity contribution < 1.29 is 14.3 Å². The van der Waals surface area contributed by atoms with Crippen LogP contribution in [0, 0.1) is 0 Å². The number of nitrogens with one attached hydrogen (secondary N) is 1. The van der Waals surface area contributed by atoms with E-state index in [0.717, 1.165) is 16.6 Å². The van der Waals surface area contributed by atoms with Gasteiger partial charge >= 0.3 is 0 Å². The number of pyridine rings is 2. The Morgan fingerprint density at radius 2 is 1.94 bits per heavy atom. The number of aromatic nitrogens is 5. The second kappa shape index (κ2) is 8.54. The molecule has 5 rings (SSSR count). The first-order valence-electron chi connectivity index (χ1n) is 10.2. The first-order chi connectivity index (χ1) is 16.1. The lowest BCUT2D eigenvalue weighted by molar-refractivity contribution is 0.102. The highest BCUT2D eigenvalue weighted by Crippen LogP contribution is 2.31.